The summed E-state index contributed by atoms with van der Waals surface area (Å²) in [7, 11) is 0. The number of benzene rings is 1. The van der Waals surface area contributed by atoms with E-state index < -0.39 is 187 Å². The summed E-state index contributed by atoms with van der Waals surface area (Å²) >= 11 is 4.19. The van der Waals surface area contributed by atoms with Gasteiger partial charge >= 0.3 is 5.97 Å². The molecule has 37 nitrogen and oxygen atoms in total. The fraction of sp³-hybridized carbons (Fsp3) is 0.690. The summed E-state index contributed by atoms with van der Waals surface area (Å²) in [5.41, 5.74) is 23.1. The maximum atomic E-state index is 14.3. The highest BCUT2D eigenvalue weighted by Crippen LogP contribution is 2.26. The molecule has 0 bridgehead atoms. The Kier molecular flexibility index (Phi) is 40.9. The number of nitrogens with two attached hydrogens (primary N) is 4. The van der Waals surface area contributed by atoms with Crippen molar-refractivity contribution in [2.24, 2.45) is 51.6 Å². The number of carboxylic acid groups (broad SMARTS) is 1. The van der Waals surface area contributed by atoms with Crippen molar-refractivity contribution in [1.82, 2.24) is 73.6 Å². The standard InChI is InChI=1S/C71H119N19O18S/c1-37(2)28-45(73)60(97)84-49(30-39(5)6)65(102)86-51(32-43-20-22-44(92)23-21-43)61(98)79-35-57(95)89-26-15-19-54(89)69(106)90-27-14-18-53(90)67(104)78-34-56(94)82-52(36-109)62(99)77-33-55(93)81-46(16-11-12-24-72)63(100)88-58(42(10)91)68(105)87-50(31-40(7)8)66(103)85-48(29-38(3)4)64(101)80-41(9)59(96)83-47(70(107)108)17-13-25-76-71(74)75/h20-23,37-42,45-54,58,91-92,109H,11-19,24-36,72-73H2,1-10H3,(H,77,99)(H,78,104)(H,79,98)(H,80,101)(H,81,93)(H,82,94)(H,83,96)(H,84,97)(H,85,103)(H,86,102)(H,87,105)(H,88,100)(H,107,108)(H4,74,75,76)/t41-,42+,45-,46-,47-,48-,49-,50-,51-,52-,53-,54-,58-/m0/s1. The molecule has 14 amide bonds. The largest absolute Gasteiger partial charge is 0.508 e. The molecule has 109 heavy (non-hydrogen) atoms. The van der Waals surface area contributed by atoms with Crippen LogP contribution < -0.4 is 86.7 Å². The van der Waals surface area contributed by atoms with Crippen LogP contribution in [0.25, 0.3) is 0 Å². The van der Waals surface area contributed by atoms with Gasteiger partial charge in [0, 0.05) is 31.8 Å². The minimum atomic E-state index is -1.73. The minimum absolute atomic E-state index is 0.00323. The third-order valence-corrected chi connectivity index (χ3v) is 18.2. The monoisotopic (exact) mass is 1560 g/mol. The molecular formula is C71H119N19O18S. The molecule has 0 spiro atoms. The second kappa shape index (κ2) is 47.5. The summed E-state index contributed by atoms with van der Waals surface area (Å²) in [4.78, 5) is 210. The number of likely N-dealkylation sites (tertiary alicyclic amines) is 2. The minimum Gasteiger partial charge on any atom is -0.508 e. The van der Waals surface area contributed by atoms with Crippen LogP contribution in [0.15, 0.2) is 29.3 Å². The highest BCUT2D eigenvalue weighted by Gasteiger charge is 2.43. The van der Waals surface area contributed by atoms with E-state index in [-0.39, 0.29) is 132 Å². The summed E-state index contributed by atoms with van der Waals surface area (Å²) in [6.07, 6.45) is 1.02. The smallest absolute Gasteiger partial charge is 0.326 e. The summed E-state index contributed by atoms with van der Waals surface area (Å²) in [5.74, 6) is -13.2. The van der Waals surface area contributed by atoms with Crippen molar-refractivity contribution in [1.29, 1.82) is 0 Å². The van der Waals surface area contributed by atoms with E-state index in [9.17, 15) is 87.2 Å². The molecule has 0 radical (unpaired) electrons. The topological polar surface area (TPSA) is 584 Å². The molecule has 2 saturated heterocycles. The third kappa shape index (κ3) is 33.5. The average molecular weight is 1560 g/mol. The molecule has 38 heteroatoms. The quantitative estimate of drug-likeness (QED) is 0.0127. The number of aromatic hydroxyl groups is 1. The first-order valence-electron chi connectivity index (χ1n) is 37.2. The maximum Gasteiger partial charge on any atom is 0.326 e. The SMILES string of the molecule is CC(C)C[C@H](NC(=O)[C@H](CC(C)C)NC(=O)[C@@H](NC(=O)[C@H](CCCCN)NC(=O)CNC(=O)[C@H](CS)NC(=O)CNC(=O)[C@@H]1CCCN1C(=O)[C@@H]1CCCN1C(=O)CNC(=O)[C@H](Cc1ccc(O)cc1)NC(=O)[C@H](CC(C)C)NC(=O)[C@@H](N)CC(C)C)[C@@H](C)O)C(=O)N[C@@H](C)C(=O)N[C@@H](CCCN=C(N)N)C(=O)O. The first-order valence-corrected chi connectivity index (χ1v) is 37.9. The lowest BCUT2D eigenvalue weighted by Crippen LogP contribution is -2.61. The Bertz CT molecular complexity index is 3290. The molecule has 2 fully saturated rings. The van der Waals surface area contributed by atoms with Gasteiger partial charge in [0.05, 0.1) is 31.8 Å². The van der Waals surface area contributed by atoms with Crippen molar-refractivity contribution in [3.63, 3.8) is 0 Å². The van der Waals surface area contributed by atoms with Gasteiger partial charge in [0.2, 0.25) is 82.7 Å². The van der Waals surface area contributed by atoms with Crippen LogP contribution in [0.1, 0.15) is 158 Å². The molecule has 0 saturated carbocycles. The Hall–Kier alpha value is -9.43. The van der Waals surface area contributed by atoms with Gasteiger partial charge in [-0.2, -0.15) is 12.6 Å². The Morgan fingerprint density at radius 2 is 0.982 bits per heavy atom. The number of nitrogens with zero attached hydrogens (tertiary/aromatic N) is 3. The molecule has 0 unspecified atom stereocenters. The van der Waals surface area contributed by atoms with Crippen molar-refractivity contribution in [3.8, 4) is 5.75 Å². The number of amides is 14. The maximum absolute atomic E-state index is 14.3. The third-order valence-electron chi connectivity index (χ3n) is 17.9. The van der Waals surface area contributed by atoms with E-state index in [1.54, 1.807) is 39.8 Å². The Balaban J connectivity index is 1.63. The molecule has 13 atom stereocenters. The molecule has 0 aliphatic carbocycles. The molecule has 23 N–H and O–H groups in total. The number of nitrogens with one attached hydrogen (secondary N) is 12. The number of phenolic OH excluding ortho intramolecular Hbond substituents is 1. The number of unbranched alkanes of at least 4 members (excludes halogenated alkanes) is 1. The Labute approximate surface area is 641 Å². The molecule has 2 aliphatic heterocycles. The fourth-order valence-electron chi connectivity index (χ4n) is 12.2. The number of phenols is 1. The highest BCUT2D eigenvalue weighted by molar-refractivity contribution is 7.80. The van der Waals surface area contributed by atoms with Gasteiger partial charge in [-0.1, -0.05) is 67.5 Å². The van der Waals surface area contributed by atoms with Crippen molar-refractivity contribution in [2.75, 3.05) is 51.6 Å². The number of hydrogen-bond donors (Lipinski definition) is 20. The zero-order valence-corrected chi connectivity index (χ0v) is 65.1. The number of aliphatic hydroxyl groups is 1. The molecule has 0 aromatic heterocycles. The van der Waals surface area contributed by atoms with E-state index >= 15 is 0 Å². The van der Waals surface area contributed by atoms with Crippen LogP contribution in [-0.4, -0.2) is 250 Å². The van der Waals surface area contributed by atoms with E-state index in [0.29, 0.717) is 31.2 Å². The lowest BCUT2D eigenvalue weighted by molar-refractivity contribution is -0.146. The zero-order chi connectivity index (χ0) is 81.9. The number of carbonyl (C=O) groups excluding carboxylic acids is 14. The summed E-state index contributed by atoms with van der Waals surface area (Å²) in [6, 6.07) is -9.08. The van der Waals surface area contributed by atoms with Gasteiger partial charge in [-0.05, 0) is 145 Å². The molecule has 2 heterocycles. The molecule has 612 valence electrons. The zero-order valence-electron chi connectivity index (χ0n) is 64.2. The predicted octanol–water partition coefficient (Wildman–Crippen LogP) is -4.26. The first-order chi connectivity index (χ1) is 51.3. The molecular weight excluding hydrogens is 1440 g/mol. The van der Waals surface area contributed by atoms with E-state index in [2.05, 4.69) is 81.4 Å². The van der Waals surface area contributed by atoms with Crippen LogP contribution >= 0.6 is 12.6 Å². The number of aliphatic hydroxyl groups excluding tert-OH is 1. The van der Waals surface area contributed by atoms with Gasteiger partial charge in [0.15, 0.2) is 5.96 Å². The second-order valence-corrected chi connectivity index (χ2v) is 29.7. The summed E-state index contributed by atoms with van der Waals surface area (Å²) in [5, 5.41) is 60.9. The predicted molar refractivity (Wildman–Crippen MR) is 405 cm³/mol. The van der Waals surface area contributed by atoms with Crippen molar-refractivity contribution in [3.05, 3.63) is 29.8 Å². The lowest BCUT2D eigenvalue weighted by Gasteiger charge is -2.31. The number of guanidine groups is 1. The van der Waals surface area contributed by atoms with Crippen molar-refractivity contribution >= 4 is 107 Å². The molecule has 1 aromatic rings. The number of hydrogen-bond acceptors (Lipinski definition) is 21. The van der Waals surface area contributed by atoms with Crippen LogP contribution in [0, 0.1) is 23.7 Å². The number of aliphatic imine (C=N–C) groups is 1. The van der Waals surface area contributed by atoms with Crippen LogP contribution in [0.5, 0.6) is 5.75 Å². The highest BCUT2D eigenvalue weighted by atomic mass is 32.1. The van der Waals surface area contributed by atoms with Crippen LogP contribution in [-0.2, 0) is 78.3 Å². The van der Waals surface area contributed by atoms with Crippen LogP contribution in [0.4, 0.5) is 0 Å². The summed E-state index contributed by atoms with van der Waals surface area (Å²) in [6.45, 7) is 15.7. The number of aliphatic carboxylic acids is 1. The second-order valence-electron chi connectivity index (χ2n) is 29.3. The van der Waals surface area contributed by atoms with E-state index in [1.807, 2.05) is 27.7 Å². The van der Waals surface area contributed by atoms with Gasteiger partial charge in [-0.3, -0.25) is 72.1 Å². The average Bonchev–Trinajstić information content (AvgIpc) is 1.67. The van der Waals surface area contributed by atoms with Gasteiger partial charge < -0.3 is 112 Å². The molecule has 2 aliphatic rings. The van der Waals surface area contributed by atoms with Gasteiger partial charge in [0.25, 0.3) is 0 Å². The lowest BCUT2D eigenvalue weighted by atomic mass is 9.99. The Morgan fingerprint density at radius 1 is 0.514 bits per heavy atom. The van der Waals surface area contributed by atoms with E-state index in [1.165, 1.54) is 35.8 Å². The van der Waals surface area contributed by atoms with E-state index in [0.717, 1.165) is 0 Å². The van der Waals surface area contributed by atoms with Crippen molar-refractivity contribution in [2.45, 2.75) is 238 Å². The number of thiol groups is 1. The fourth-order valence-corrected chi connectivity index (χ4v) is 12.5. The van der Waals surface area contributed by atoms with Gasteiger partial charge in [0.1, 0.15) is 72.2 Å². The van der Waals surface area contributed by atoms with Crippen LogP contribution in [0.2, 0.25) is 0 Å². The van der Waals surface area contributed by atoms with Crippen LogP contribution in [0.3, 0.4) is 0 Å². The van der Waals surface area contributed by atoms with Crippen molar-refractivity contribution < 1.29 is 87.2 Å². The number of carboxylic acids is 1. The summed E-state index contributed by atoms with van der Waals surface area (Å²) < 4.78 is 0. The van der Waals surface area contributed by atoms with Gasteiger partial charge in [-0.25, -0.2) is 4.79 Å². The Morgan fingerprint density at radius 3 is 1.51 bits per heavy atom. The number of carbonyl (C=O) groups is 15. The molecule has 1 aromatic carbocycles. The molecule has 3 rings (SSSR count). The normalized spacial score (nSPS) is 17.1. The van der Waals surface area contributed by atoms with E-state index in [4.69, 9.17) is 22.9 Å². The number of rotatable bonds is 47. The first kappa shape index (κ1) is 93.8. The van der Waals surface area contributed by atoms with Gasteiger partial charge in [-0.15, -0.1) is 0 Å².